The Kier molecular flexibility index (Phi) is 4.94. The van der Waals surface area contributed by atoms with Crippen LogP contribution < -0.4 is 0 Å². The molecular weight excluding hydrogens is 220 g/mol. The molecule has 0 aliphatic carbocycles. The van der Waals surface area contributed by atoms with E-state index in [0.717, 1.165) is 5.56 Å². The van der Waals surface area contributed by atoms with Crippen LogP contribution in [-0.2, 0) is 0 Å². The molecule has 0 saturated carbocycles. The highest BCUT2D eigenvalue weighted by molar-refractivity contribution is 7.80. The van der Waals surface area contributed by atoms with Crippen molar-refractivity contribution in [2.75, 3.05) is 5.75 Å². The molecule has 1 aromatic carbocycles. The Morgan fingerprint density at radius 1 is 1.50 bits per heavy atom. The van der Waals surface area contributed by atoms with E-state index in [1.165, 1.54) is 6.07 Å². The van der Waals surface area contributed by atoms with Gasteiger partial charge in [0.25, 0.3) is 0 Å². The molecule has 0 unspecified atom stereocenters. The third-order valence-corrected chi connectivity index (χ3v) is 2.31. The third kappa shape index (κ3) is 3.32. The fraction of sp³-hybridized carbons (Fsp3) is 0.308. The molecule has 2 nitrogen and oxygen atoms in total. The van der Waals surface area contributed by atoms with Crippen LogP contribution in [0.3, 0.4) is 0 Å². The van der Waals surface area contributed by atoms with Gasteiger partial charge in [-0.1, -0.05) is 18.8 Å². The molecule has 1 aromatic rings. The van der Waals surface area contributed by atoms with E-state index >= 15 is 0 Å². The van der Waals surface area contributed by atoms with Gasteiger partial charge in [-0.2, -0.15) is 12.6 Å². The zero-order valence-electron chi connectivity index (χ0n) is 9.16. The van der Waals surface area contributed by atoms with E-state index in [0.29, 0.717) is 24.2 Å². The fourth-order valence-corrected chi connectivity index (χ4v) is 1.36. The summed E-state index contributed by atoms with van der Waals surface area (Å²) in [5, 5.41) is 9.53. The lowest BCUT2D eigenvalue weighted by molar-refractivity contribution is 0.0985. The Bertz CT molecular complexity index is 441. The highest BCUT2D eigenvalue weighted by Gasteiger charge is 2.08. The maximum atomic E-state index is 11.5. The van der Waals surface area contributed by atoms with E-state index < -0.39 is 0 Å². The zero-order chi connectivity index (χ0) is 12.0. The first-order chi connectivity index (χ1) is 7.69. The number of phenols is 1. The Morgan fingerprint density at radius 2 is 2.25 bits per heavy atom. The summed E-state index contributed by atoms with van der Waals surface area (Å²) >= 11 is 4.05. The summed E-state index contributed by atoms with van der Waals surface area (Å²) in [6.45, 7) is 1.76. The predicted octanol–water partition coefficient (Wildman–Crippen LogP) is 2.66. The second-order valence-corrected chi connectivity index (χ2v) is 3.73. The molecule has 0 amide bonds. The van der Waals surface area contributed by atoms with Crippen molar-refractivity contribution in [1.29, 1.82) is 0 Å². The van der Waals surface area contributed by atoms with Crippen LogP contribution in [0.15, 0.2) is 18.2 Å². The van der Waals surface area contributed by atoms with Gasteiger partial charge in [0.05, 0.1) is 5.56 Å². The predicted molar refractivity (Wildman–Crippen MR) is 68.1 cm³/mol. The number of phenolic OH excluding ortho intramolecular Hbond substituents is 1. The number of thiol groups is 1. The molecule has 1 rings (SSSR count). The Hall–Kier alpha value is -1.40. The summed E-state index contributed by atoms with van der Waals surface area (Å²) in [5.74, 6) is 6.53. The smallest absolute Gasteiger partial charge is 0.166 e. The number of rotatable bonds is 3. The summed E-state index contributed by atoms with van der Waals surface area (Å²) in [7, 11) is 0. The van der Waals surface area contributed by atoms with Crippen molar-refractivity contribution in [3.8, 4) is 17.6 Å². The number of aromatic hydroxyl groups is 1. The monoisotopic (exact) mass is 234 g/mol. The first-order valence-corrected chi connectivity index (χ1v) is 5.78. The van der Waals surface area contributed by atoms with Gasteiger partial charge in [-0.15, -0.1) is 0 Å². The van der Waals surface area contributed by atoms with Crippen LogP contribution in [-0.4, -0.2) is 16.6 Å². The number of carbonyl (C=O) groups is 1. The van der Waals surface area contributed by atoms with E-state index in [-0.39, 0.29) is 11.5 Å². The van der Waals surface area contributed by atoms with Crippen LogP contribution in [0, 0.1) is 11.8 Å². The number of carbonyl (C=O) groups excluding carboxylic acids is 1. The minimum Gasteiger partial charge on any atom is -0.507 e. The maximum Gasteiger partial charge on any atom is 0.166 e. The van der Waals surface area contributed by atoms with Gasteiger partial charge in [0.15, 0.2) is 5.78 Å². The topological polar surface area (TPSA) is 37.3 Å². The van der Waals surface area contributed by atoms with Gasteiger partial charge in [0.2, 0.25) is 0 Å². The lowest BCUT2D eigenvalue weighted by Crippen LogP contribution is -1.97. The molecule has 84 valence electrons. The summed E-state index contributed by atoms with van der Waals surface area (Å²) in [5.41, 5.74) is 1.09. The van der Waals surface area contributed by atoms with Gasteiger partial charge in [-0.3, -0.25) is 4.79 Å². The average molecular weight is 234 g/mol. The highest BCUT2D eigenvalue weighted by atomic mass is 32.1. The van der Waals surface area contributed by atoms with Crippen LogP contribution in [0.5, 0.6) is 5.75 Å². The molecule has 0 fully saturated rings. The van der Waals surface area contributed by atoms with Crippen molar-refractivity contribution in [3.63, 3.8) is 0 Å². The second-order valence-electron chi connectivity index (χ2n) is 3.28. The van der Waals surface area contributed by atoms with Crippen LogP contribution in [0.1, 0.15) is 35.7 Å². The molecule has 16 heavy (non-hydrogen) atoms. The van der Waals surface area contributed by atoms with Gasteiger partial charge < -0.3 is 5.11 Å². The number of Topliss-reactive ketones (excluding diaryl/α,β-unsaturated/α-hetero) is 1. The molecular formula is C13H14O2S. The first-order valence-electron chi connectivity index (χ1n) is 5.15. The highest BCUT2D eigenvalue weighted by Crippen LogP contribution is 2.19. The summed E-state index contributed by atoms with van der Waals surface area (Å²) in [6, 6.07) is 4.84. The molecule has 0 aliphatic rings. The summed E-state index contributed by atoms with van der Waals surface area (Å²) in [4.78, 5) is 11.5. The summed E-state index contributed by atoms with van der Waals surface area (Å²) < 4.78 is 0. The molecule has 1 N–H and O–H groups in total. The van der Waals surface area contributed by atoms with Crippen molar-refractivity contribution in [2.45, 2.75) is 19.8 Å². The molecule has 0 heterocycles. The summed E-state index contributed by atoms with van der Waals surface area (Å²) in [6.07, 6.45) is 1.09. The van der Waals surface area contributed by atoms with Gasteiger partial charge in [0.1, 0.15) is 5.75 Å². The molecule has 0 aromatic heterocycles. The SMILES string of the molecule is CCC(=O)c1cc(C#CCCS)ccc1O. The van der Waals surface area contributed by atoms with E-state index in [1.807, 2.05) is 0 Å². The third-order valence-electron chi connectivity index (χ3n) is 2.09. The fourth-order valence-electron chi connectivity index (χ4n) is 1.25. The zero-order valence-corrected chi connectivity index (χ0v) is 10.1. The first kappa shape index (κ1) is 12.7. The molecule has 3 heteroatoms. The number of ketones is 1. The van der Waals surface area contributed by atoms with Crippen molar-refractivity contribution in [3.05, 3.63) is 29.3 Å². The van der Waals surface area contributed by atoms with Crippen molar-refractivity contribution < 1.29 is 9.90 Å². The lowest BCUT2D eigenvalue weighted by atomic mass is 10.0. The molecule has 0 bridgehead atoms. The largest absolute Gasteiger partial charge is 0.507 e. The minimum absolute atomic E-state index is 0.0200. The average Bonchev–Trinajstić information content (AvgIpc) is 2.30. The van der Waals surface area contributed by atoms with Crippen LogP contribution in [0.2, 0.25) is 0 Å². The number of hydrogen-bond donors (Lipinski definition) is 2. The number of hydrogen-bond acceptors (Lipinski definition) is 3. The Balaban J connectivity index is 2.99. The van der Waals surface area contributed by atoms with Crippen LogP contribution in [0.4, 0.5) is 0 Å². The normalized spacial score (nSPS) is 9.38. The van der Waals surface area contributed by atoms with Gasteiger partial charge in [-0.25, -0.2) is 0 Å². The van der Waals surface area contributed by atoms with E-state index in [2.05, 4.69) is 24.5 Å². The quantitative estimate of drug-likeness (QED) is 0.479. The van der Waals surface area contributed by atoms with Gasteiger partial charge in [-0.05, 0) is 18.2 Å². The van der Waals surface area contributed by atoms with Crippen molar-refractivity contribution >= 4 is 18.4 Å². The van der Waals surface area contributed by atoms with E-state index in [9.17, 15) is 9.90 Å². The standard InChI is InChI=1S/C13H14O2S/c1-2-12(14)11-9-10(5-3-4-8-16)6-7-13(11)15/h6-7,9,15-16H,2,4,8H2,1H3. The lowest BCUT2D eigenvalue weighted by Gasteiger charge is -2.02. The van der Waals surface area contributed by atoms with E-state index in [4.69, 9.17) is 0 Å². The molecule has 0 spiro atoms. The Morgan fingerprint density at radius 3 is 2.88 bits per heavy atom. The molecule has 0 saturated heterocycles. The second kappa shape index (κ2) is 6.24. The maximum absolute atomic E-state index is 11.5. The minimum atomic E-state index is -0.0738. The van der Waals surface area contributed by atoms with E-state index in [1.54, 1.807) is 19.1 Å². The molecule has 0 radical (unpaired) electrons. The molecule has 0 atom stereocenters. The molecule has 0 aliphatic heterocycles. The van der Waals surface area contributed by atoms with Gasteiger partial charge in [0, 0.05) is 24.2 Å². The van der Waals surface area contributed by atoms with Crippen molar-refractivity contribution in [2.24, 2.45) is 0 Å². The van der Waals surface area contributed by atoms with Crippen LogP contribution >= 0.6 is 12.6 Å². The number of benzene rings is 1. The van der Waals surface area contributed by atoms with Crippen molar-refractivity contribution in [1.82, 2.24) is 0 Å². The van der Waals surface area contributed by atoms with Gasteiger partial charge >= 0.3 is 0 Å². The van der Waals surface area contributed by atoms with Crippen LogP contribution in [0.25, 0.3) is 0 Å². The Labute approximate surface area is 101 Å².